The van der Waals surface area contributed by atoms with Crippen molar-refractivity contribution in [3.8, 4) is 23.3 Å². The van der Waals surface area contributed by atoms with Crippen LogP contribution in [0, 0.1) is 22.7 Å². The molecule has 0 bridgehead atoms. The number of para-hydroxylation sites is 1. The van der Waals surface area contributed by atoms with Gasteiger partial charge in [0.1, 0.15) is 23.2 Å². The van der Waals surface area contributed by atoms with Gasteiger partial charge in [0.2, 0.25) is 0 Å². The SMILES string of the molecule is N#Cc1cccc(-c2cccc3n[nH]nc23)c1C#N. The number of fused-ring (bicyclic) bond motifs is 1. The van der Waals surface area contributed by atoms with Gasteiger partial charge in [-0.3, -0.25) is 0 Å². The number of aromatic nitrogens is 3. The maximum absolute atomic E-state index is 9.27. The van der Waals surface area contributed by atoms with Crippen LogP contribution < -0.4 is 0 Å². The highest BCUT2D eigenvalue weighted by Gasteiger charge is 2.13. The van der Waals surface area contributed by atoms with E-state index in [1.165, 1.54) is 0 Å². The van der Waals surface area contributed by atoms with Crippen LogP contribution in [0.5, 0.6) is 0 Å². The zero-order valence-corrected chi connectivity index (χ0v) is 9.75. The van der Waals surface area contributed by atoms with Gasteiger partial charge in [-0.25, -0.2) is 0 Å². The Morgan fingerprint density at radius 3 is 2.47 bits per heavy atom. The Balaban J connectivity index is 2.38. The number of hydrogen-bond donors (Lipinski definition) is 1. The molecule has 5 nitrogen and oxygen atoms in total. The molecule has 0 saturated heterocycles. The molecule has 88 valence electrons. The Kier molecular flexibility index (Phi) is 2.45. The molecule has 0 fully saturated rings. The lowest BCUT2D eigenvalue weighted by molar-refractivity contribution is 0.959. The fourth-order valence-corrected chi connectivity index (χ4v) is 2.08. The van der Waals surface area contributed by atoms with Crippen molar-refractivity contribution in [2.75, 3.05) is 0 Å². The lowest BCUT2D eigenvalue weighted by Crippen LogP contribution is -1.90. The van der Waals surface area contributed by atoms with E-state index in [0.29, 0.717) is 22.2 Å². The lowest BCUT2D eigenvalue weighted by atomic mass is 9.96. The summed E-state index contributed by atoms with van der Waals surface area (Å²) in [5.74, 6) is 0. The second-order valence-electron chi connectivity index (χ2n) is 3.95. The number of hydrogen-bond acceptors (Lipinski definition) is 4. The van der Waals surface area contributed by atoms with E-state index in [2.05, 4.69) is 21.5 Å². The van der Waals surface area contributed by atoms with Crippen molar-refractivity contribution < 1.29 is 0 Å². The van der Waals surface area contributed by atoms with Gasteiger partial charge in [-0.2, -0.15) is 25.9 Å². The van der Waals surface area contributed by atoms with Crippen molar-refractivity contribution in [3.05, 3.63) is 47.5 Å². The Morgan fingerprint density at radius 2 is 1.68 bits per heavy atom. The van der Waals surface area contributed by atoms with Crippen LogP contribution >= 0.6 is 0 Å². The summed E-state index contributed by atoms with van der Waals surface area (Å²) in [4.78, 5) is 0. The number of nitrogens with one attached hydrogen (secondary N) is 1. The minimum atomic E-state index is 0.362. The quantitative estimate of drug-likeness (QED) is 0.712. The summed E-state index contributed by atoms with van der Waals surface area (Å²) in [6.45, 7) is 0. The van der Waals surface area contributed by atoms with Crippen molar-refractivity contribution in [1.82, 2.24) is 15.4 Å². The topological polar surface area (TPSA) is 89.2 Å². The molecule has 0 aliphatic heterocycles. The predicted molar refractivity (Wildman–Crippen MR) is 68.8 cm³/mol. The first-order valence-corrected chi connectivity index (χ1v) is 5.58. The number of nitrogens with zero attached hydrogens (tertiary/aromatic N) is 4. The minimum Gasteiger partial charge on any atom is -0.197 e. The van der Waals surface area contributed by atoms with E-state index < -0.39 is 0 Å². The molecule has 1 heterocycles. The third-order valence-electron chi connectivity index (χ3n) is 2.93. The highest BCUT2D eigenvalue weighted by atomic mass is 15.3. The van der Waals surface area contributed by atoms with Gasteiger partial charge in [-0.1, -0.05) is 24.3 Å². The van der Waals surface area contributed by atoms with Gasteiger partial charge in [0.15, 0.2) is 0 Å². The van der Waals surface area contributed by atoms with Crippen molar-refractivity contribution in [1.29, 1.82) is 10.5 Å². The predicted octanol–water partition coefficient (Wildman–Crippen LogP) is 2.37. The van der Waals surface area contributed by atoms with Gasteiger partial charge in [0, 0.05) is 11.1 Å². The molecule has 1 N–H and O–H groups in total. The largest absolute Gasteiger partial charge is 0.197 e. The third-order valence-corrected chi connectivity index (χ3v) is 2.93. The third kappa shape index (κ3) is 1.62. The fourth-order valence-electron chi connectivity index (χ4n) is 2.08. The maximum Gasteiger partial charge on any atom is 0.120 e. The summed E-state index contributed by atoms with van der Waals surface area (Å²) in [7, 11) is 0. The first-order chi connectivity index (χ1) is 9.35. The van der Waals surface area contributed by atoms with E-state index >= 15 is 0 Å². The molecule has 0 unspecified atom stereocenters. The molecule has 0 radical (unpaired) electrons. The molecule has 0 amide bonds. The molecule has 1 aromatic heterocycles. The van der Waals surface area contributed by atoms with Crippen LogP contribution in [0.4, 0.5) is 0 Å². The van der Waals surface area contributed by atoms with Gasteiger partial charge in [0.25, 0.3) is 0 Å². The molecule has 19 heavy (non-hydrogen) atoms. The molecule has 3 aromatic rings. The van der Waals surface area contributed by atoms with E-state index in [-0.39, 0.29) is 0 Å². The number of aromatic amines is 1. The van der Waals surface area contributed by atoms with E-state index in [4.69, 9.17) is 5.26 Å². The number of rotatable bonds is 1. The van der Waals surface area contributed by atoms with Crippen LogP contribution in [0.25, 0.3) is 22.2 Å². The molecule has 0 saturated carbocycles. The fraction of sp³-hybridized carbons (Fsp3) is 0. The zero-order valence-electron chi connectivity index (χ0n) is 9.75. The second kappa shape index (κ2) is 4.25. The van der Waals surface area contributed by atoms with E-state index in [1.54, 1.807) is 12.1 Å². The van der Waals surface area contributed by atoms with E-state index in [1.807, 2.05) is 30.3 Å². The Labute approximate surface area is 108 Å². The zero-order chi connectivity index (χ0) is 13.2. The smallest absolute Gasteiger partial charge is 0.120 e. The molecule has 0 spiro atoms. The summed E-state index contributed by atoms with van der Waals surface area (Å²) in [5.41, 5.74) is 3.62. The van der Waals surface area contributed by atoms with Crippen LogP contribution in [0.1, 0.15) is 11.1 Å². The standard InChI is InChI=1S/C14H7N5/c15-7-9-3-1-4-10(12(9)8-16)11-5-2-6-13-14(11)18-19-17-13/h1-6H,(H,17,18,19). The normalized spacial score (nSPS) is 10.0. The molecule has 3 rings (SSSR count). The summed E-state index contributed by atoms with van der Waals surface area (Å²) < 4.78 is 0. The van der Waals surface area contributed by atoms with Crippen LogP contribution in [0.15, 0.2) is 36.4 Å². The monoisotopic (exact) mass is 245 g/mol. The Hall–Kier alpha value is -3.18. The van der Waals surface area contributed by atoms with Gasteiger partial charge in [-0.05, 0) is 12.1 Å². The van der Waals surface area contributed by atoms with Crippen LogP contribution in [0.2, 0.25) is 0 Å². The number of benzene rings is 2. The summed E-state index contributed by atoms with van der Waals surface area (Å²) in [6.07, 6.45) is 0. The van der Waals surface area contributed by atoms with Crippen molar-refractivity contribution >= 4 is 11.0 Å². The molecular formula is C14H7N5. The summed E-state index contributed by atoms with van der Waals surface area (Å²) in [5, 5.41) is 29.0. The maximum atomic E-state index is 9.27. The van der Waals surface area contributed by atoms with Crippen molar-refractivity contribution in [2.45, 2.75) is 0 Å². The van der Waals surface area contributed by atoms with Crippen LogP contribution in [-0.4, -0.2) is 15.4 Å². The van der Waals surface area contributed by atoms with Gasteiger partial charge >= 0.3 is 0 Å². The summed E-state index contributed by atoms with van der Waals surface area (Å²) >= 11 is 0. The second-order valence-corrected chi connectivity index (χ2v) is 3.95. The molecular weight excluding hydrogens is 238 g/mol. The number of nitriles is 2. The van der Waals surface area contributed by atoms with Crippen LogP contribution in [-0.2, 0) is 0 Å². The average Bonchev–Trinajstić information content (AvgIpc) is 2.94. The first kappa shape index (κ1) is 10.9. The molecule has 0 aliphatic rings. The Morgan fingerprint density at radius 1 is 0.895 bits per heavy atom. The lowest BCUT2D eigenvalue weighted by Gasteiger charge is -2.05. The number of H-pyrrole nitrogens is 1. The van der Waals surface area contributed by atoms with E-state index in [0.717, 1.165) is 11.1 Å². The molecule has 0 atom stereocenters. The van der Waals surface area contributed by atoms with Crippen molar-refractivity contribution in [2.24, 2.45) is 0 Å². The van der Waals surface area contributed by atoms with Gasteiger partial charge < -0.3 is 0 Å². The highest BCUT2D eigenvalue weighted by Crippen LogP contribution is 2.30. The molecule has 5 heteroatoms. The molecule has 0 aliphatic carbocycles. The van der Waals surface area contributed by atoms with Crippen LogP contribution in [0.3, 0.4) is 0 Å². The van der Waals surface area contributed by atoms with Gasteiger partial charge in [-0.15, -0.1) is 0 Å². The highest BCUT2D eigenvalue weighted by molar-refractivity contribution is 5.93. The Bertz CT molecular complexity index is 848. The van der Waals surface area contributed by atoms with E-state index in [9.17, 15) is 5.26 Å². The average molecular weight is 245 g/mol. The van der Waals surface area contributed by atoms with Crippen molar-refractivity contribution in [3.63, 3.8) is 0 Å². The summed E-state index contributed by atoms with van der Waals surface area (Å²) in [6, 6.07) is 14.9. The minimum absolute atomic E-state index is 0.362. The first-order valence-electron chi connectivity index (χ1n) is 5.58. The van der Waals surface area contributed by atoms with Gasteiger partial charge in [0.05, 0.1) is 11.1 Å². The molecule has 2 aromatic carbocycles.